The number of aromatic hydroxyl groups is 1. The number of aromatic nitrogens is 1. The molecule has 1 amide bonds. The minimum absolute atomic E-state index is 0.121. The smallest absolute Gasteiger partial charge is 0.423 e. The summed E-state index contributed by atoms with van der Waals surface area (Å²) in [6.07, 6.45) is 5.25. The Morgan fingerprint density at radius 2 is 2.00 bits per heavy atom. The second-order valence-corrected chi connectivity index (χ2v) is 7.73. The van der Waals surface area contributed by atoms with Crippen LogP contribution in [0.2, 0.25) is 5.02 Å². The Morgan fingerprint density at radius 3 is 2.70 bits per heavy atom. The first-order chi connectivity index (χ1) is 15.7. The number of pyridine rings is 1. The van der Waals surface area contributed by atoms with Crippen LogP contribution >= 0.6 is 11.6 Å². The van der Waals surface area contributed by atoms with Crippen molar-refractivity contribution in [3.05, 3.63) is 77.0 Å². The molecular weight excluding hydrogens is 451 g/mol. The Labute approximate surface area is 192 Å². The zero-order chi connectivity index (χ0) is 23.7. The number of hydrogen-bond donors (Lipinski definition) is 4. The minimum atomic E-state index is -1.20. The van der Waals surface area contributed by atoms with Crippen molar-refractivity contribution in [2.45, 2.75) is 6.92 Å². The largest absolute Gasteiger partial charge is 0.504 e. The molecule has 0 atom stereocenters. The molecule has 0 fully saturated rings. The van der Waals surface area contributed by atoms with Gasteiger partial charge in [-0.15, -0.1) is 0 Å². The van der Waals surface area contributed by atoms with Gasteiger partial charge in [-0.3, -0.25) is 14.8 Å². The number of hydrogen-bond acceptors (Lipinski definition) is 6. The van der Waals surface area contributed by atoms with Gasteiger partial charge in [-0.05, 0) is 54.5 Å². The summed E-state index contributed by atoms with van der Waals surface area (Å²) < 4.78 is 14.1. The third-order valence-corrected chi connectivity index (χ3v) is 5.31. The Balaban J connectivity index is 1.80. The van der Waals surface area contributed by atoms with Crippen LogP contribution in [0.25, 0.3) is 22.0 Å². The van der Waals surface area contributed by atoms with E-state index < -0.39 is 17.7 Å². The van der Waals surface area contributed by atoms with Crippen molar-refractivity contribution < 1.29 is 24.2 Å². The normalized spacial score (nSPS) is 13.1. The number of allylic oxidation sites excluding steroid dienone is 2. The Bertz CT molecular complexity index is 1330. The van der Waals surface area contributed by atoms with E-state index in [1.807, 2.05) is 0 Å². The van der Waals surface area contributed by atoms with Crippen LogP contribution in [0.3, 0.4) is 0 Å². The zero-order valence-electron chi connectivity index (χ0n) is 17.3. The van der Waals surface area contributed by atoms with Gasteiger partial charge >= 0.3 is 6.09 Å². The number of nitrogens with one attached hydrogen (secondary N) is 2. The van der Waals surface area contributed by atoms with E-state index in [9.17, 15) is 19.1 Å². The molecule has 0 saturated heterocycles. The Kier molecular flexibility index (Phi) is 5.89. The van der Waals surface area contributed by atoms with Crippen LogP contribution in [-0.2, 0) is 0 Å². The third kappa shape index (κ3) is 4.58. The number of amides is 1. The summed E-state index contributed by atoms with van der Waals surface area (Å²) in [5.74, 6) is -1.69. The van der Waals surface area contributed by atoms with E-state index in [1.165, 1.54) is 30.3 Å². The number of rotatable bonds is 5. The maximum Gasteiger partial charge on any atom is 0.423 e. The number of nitrogens with zero attached hydrogens (tertiary/aromatic N) is 2. The van der Waals surface area contributed by atoms with Crippen LogP contribution in [0.4, 0.5) is 14.9 Å². The lowest BCUT2D eigenvalue weighted by Crippen LogP contribution is -2.40. The summed E-state index contributed by atoms with van der Waals surface area (Å²) in [6, 6.07) is 7.81. The molecule has 2 heterocycles. The van der Waals surface area contributed by atoms with E-state index in [4.69, 9.17) is 16.7 Å². The first-order valence-electron chi connectivity index (χ1n) is 9.75. The molecule has 8 nitrogen and oxygen atoms in total. The molecule has 0 saturated carbocycles. The molecule has 4 N–H and O–H groups in total. The van der Waals surface area contributed by atoms with Crippen LogP contribution in [0, 0.1) is 5.82 Å². The quantitative estimate of drug-likeness (QED) is 0.393. The number of halogens is 2. The molecule has 1 aromatic heterocycles. The average Bonchev–Trinajstić information content (AvgIpc) is 2.76. The van der Waals surface area contributed by atoms with Crippen LogP contribution in [-0.4, -0.2) is 38.6 Å². The molecule has 1 aliphatic rings. The number of carbonyl (C=O) groups excluding carboxylic acids is 1. The van der Waals surface area contributed by atoms with Crippen LogP contribution in [0.1, 0.15) is 17.3 Å². The van der Waals surface area contributed by atoms with Gasteiger partial charge in [0.1, 0.15) is 0 Å². The summed E-state index contributed by atoms with van der Waals surface area (Å²) >= 11 is 5.94. The van der Waals surface area contributed by atoms with E-state index >= 15 is 0 Å². The zero-order valence-corrected chi connectivity index (χ0v) is 18.0. The number of carboxylic acid groups (broad SMARTS) is 1. The van der Waals surface area contributed by atoms with Gasteiger partial charge in [0.05, 0.1) is 28.3 Å². The highest BCUT2D eigenvalue weighted by molar-refractivity contribution is 6.32. The summed E-state index contributed by atoms with van der Waals surface area (Å²) in [4.78, 5) is 27.7. The average molecular weight is 469 g/mol. The van der Waals surface area contributed by atoms with Crippen molar-refractivity contribution in [2.75, 3.05) is 11.9 Å². The molecule has 3 aromatic rings. The van der Waals surface area contributed by atoms with Gasteiger partial charge in [-0.2, -0.15) is 0 Å². The molecule has 2 aromatic carbocycles. The van der Waals surface area contributed by atoms with E-state index in [1.54, 1.807) is 36.6 Å². The number of carbonyl (C=O) groups is 2. The van der Waals surface area contributed by atoms with Gasteiger partial charge < -0.3 is 15.5 Å². The van der Waals surface area contributed by atoms with Crippen molar-refractivity contribution in [3.63, 3.8) is 0 Å². The molecule has 10 heteroatoms. The van der Waals surface area contributed by atoms with Crippen LogP contribution in [0.15, 0.2) is 60.6 Å². The number of phenolic OH excluding ortho intramolecular Hbond substituents is 1. The van der Waals surface area contributed by atoms with Crippen LogP contribution < -0.4 is 10.7 Å². The van der Waals surface area contributed by atoms with E-state index in [-0.39, 0.29) is 17.4 Å². The predicted molar refractivity (Wildman–Crippen MR) is 123 cm³/mol. The monoisotopic (exact) mass is 468 g/mol. The number of fused-ring (bicyclic) bond motifs is 1. The molecule has 0 aliphatic carbocycles. The van der Waals surface area contributed by atoms with Crippen molar-refractivity contribution in [3.8, 4) is 16.9 Å². The number of ketones is 1. The number of Topliss-reactive ketones (excluding diaryl/α,β-unsaturated/α-hetero) is 1. The molecular formula is C23H18ClFN4O4. The number of anilines is 1. The second-order valence-electron chi connectivity index (χ2n) is 7.33. The van der Waals surface area contributed by atoms with Crippen molar-refractivity contribution in [2.24, 2.45) is 0 Å². The maximum atomic E-state index is 14.1. The van der Waals surface area contributed by atoms with Gasteiger partial charge in [0, 0.05) is 23.5 Å². The Hall–Kier alpha value is -4.11. The van der Waals surface area contributed by atoms with Gasteiger partial charge in [0.25, 0.3) is 0 Å². The lowest BCUT2D eigenvalue weighted by Gasteiger charge is -2.25. The van der Waals surface area contributed by atoms with E-state index in [2.05, 4.69) is 15.7 Å². The predicted octanol–water partition coefficient (Wildman–Crippen LogP) is 4.91. The summed E-state index contributed by atoms with van der Waals surface area (Å²) in [7, 11) is 0. The van der Waals surface area contributed by atoms with Gasteiger partial charge in [-0.25, -0.2) is 14.6 Å². The van der Waals surface area contributed by atoms with Crippen molar-refractivity contribution >= 4 is 40.1 Å². The first kappa shape index (κ1) is 22.1. The molecule has 1 aliphatic heterocycles. The maximum absolute atomic E-state index is 14.1. The first-order valence-corrected chi connectivity index (χ1v) is 10.1. The van der Waals surface area contributed by atoms with Gasteiger partial charge in [-0.1, -0.05) is 17.7 Å². The fourth-order valence-corrected chi connectivity index (χ4v) is 3.71. The number of benzene rings is 2. The molecule has 0 unspecified atom stereocenters. The third-order valence-electron chi connectivity index (χ3n) is 5.03. The molecule has 0 radical (unpaired) electrons. The SMILES string of the molecule is CC(=O)c1cnc2ccc(-c3cc(F)c(O)c(Cl)c3)cc2c1NC1=CC=CN(NC(=O)O)C1. The highest BCUT2D eigenvalue weighted by Gasteiger charge is 2.18. The fraction of sp³-hybridized carbons (Fsp3) is 0.0870. The topological polar surface area (TPSA) is 115 Å². The van der Waals surface area contributed by atoms with E-state index in [0.717, 1.165) is 0 Å². The number of phenols is 1. The highest BCUT2D eigenvalue weighted by Crippen LogP contribution is 2.35. The summed E-state index contributed by atoms with van der Waals surface area (Å²) in [6.45, 7) is 1.61. The number of hydrazine groups is 1. The van der Waals surface area contributed by atoms with Gasteiger partial charge in [0.2, 0.25) is 0 Å². The fourth-order valence-electron chi connectivity index (χ4n) is 3.50. The molecule has 168 valence electrons. The second kappa shape index (κ2) is 8.79. The van der Waals surface area contributed by atoms with Crippen molar-refractivity contribution in [1.82, 2.24) is 15.4 Å². The molecule has 4 rings (SSSR count). The highest BCUT2D eigenvalue weighted by atomic mass is 35.5. The van der Waals surface area contributed by atoms with Crippen LogP contribution in [0.5, 0.6) is 5.75 Å². The Morgan fingerprint density at radius 1 is 1.21 bits per heavy atom. The lowest BCUT2D eigenvalue weighted by atomic mass is 10.00. The van der Waals surface area contributed by atoms with Crippen molar-refractivity contribution in [1.29, 1.82) is 0 Å². The minimum Gasteiger partial charge on any atom is -0.504 e. The molecule has 33 heavy (non-hydrogen) atoms. The lowest BCUT2D eigenvalue weighted by molar-refractivity contribution is 0.101. The molecule has 0 bridgehead atoms. The standard InChI is InChI=1S/C23H18ClFN4O4/c1-12(30)17-10-26-20-5-4-13(14-8-18(24)22(31)19(25)9-14)7-16(20)21(17)27-15-3-2-6-29(11-15)28-23(32)33/h2-10,28,31H,11H2,1H3,(H,26,27)(H,32,33). The molecule has 0 spiro atoms. The van der Waals surface area contributed by atoms with Gasteiger partial charge in [0.15, 0.2) is 17.3 Å². The summed E-state index contributed by atoms with van der Waals surface area (Å²) in [5.41, 5.74) is 5.32. The summed E-state index contributed by atoms with van der Waals surface area (Å²) in [5, 5.41) is 23.7. The van der Waals surface area contributed by atoms with E-state index in [0.29, 0.717) is 39.0 Å².